The highest BCUT2D eigenvalue weighted by atomic mass is 35.5. The van der Waals surface area contributed by atoms with E-state index in [4.69, 9.17) is 23.2 Å². The number of nitrogens with one attached hydrogen (secondary N) is 2. The van der Waals surface area contributed by atoms with Gasteiger partial charge in [0, 0.05) is 21.4 Å². The van der Waals surface area contributed by atoms with E-state index in [2.05, 4.69) is 10.6 Å². The number of rotatable bonds is 3. The molecule has 2 amide bonds. The fourth-order valence-corrected chi connectivity index (χ4v) is 2.29. The zero-order chi connectivity index (χ0) is 15.4. The van der Waals surface area contributed by atoms with Gasteiger partial charge in [-0.05, 0) is 42.8 Å². The first-order valence-electron chi connectivity index (χ1n) is 6.26. The van der Waals surface area contributed by atoms with Gasteiger partial charge in [0.1, 0.15) is 0 Å². The van der Waals surface area contributed by atoms with Gasteiger partial charge in [0.25, 0.3) is 0 Å². The van der Waals surface area contributed by atoms with Gasteiger partial charge in [0.05, 0.1) is 6.10 Å². The molecule has 0 aliphatic carbocycles. The minimum Gasteiger partial charge on any atom is -0.389 e. The summed E-state index contributed by atoms with van der Waals surface area (Å²) < 4.78 is 0. The molecule has 0 heterocycles. The minimum absolute atomic E-state index is 0.405. The van der Waals surface area contributed by atoms with Crippen LogP contribution in [0.3, 0.4) is 0 Å². The first kappa shape index (κ1) is 15.6. The lowest BCUT2D eigenvalue weighted by Crippen LogP contribution is -2.19. The highest BCUT2D eigenvalue weighted by Gasteiger charge is 2.05. The number of benzene rings is 2. The number of aliphatic hydroxyl groups is 1. The van der Waals surface area contributed by atoms with Gasteiger partial charge in [0.15, 0.2) is 0 Å². The number of carbonyl (C=O) groups is 1. The fourth-order valence-electron chi connectivity index (χ4n) is 1.76. The summed E-state index contributed by atoms with van der Waals surface area (Å²) in [6, 6.07) is 11.3. The maximum atomic E-state index is 11.9. The van der Waals surface area contributed by atoms with E-state index >= 15 is 0 Å². The van der Waals surface area contributed by atoms with Crippen molar-refractivity contribution in [2.75, 3.05) is 10.6 Å². The predicted octanol–water partition coefficient (Wildman–Crippen LogP) is 4.69. The Balaban J connectivity index is 2.01. The molecule has 1 atom stereocenters. The Kier molecular flexibility index (Phi) is 5.07. The number of hydrogen-bond acceptors (Lipinski definition) is 2. The van der Waals surface area contributed by atoms with Crippen LogP contribution >= 0.6 is 23.2 Å². The lowest BCUT2D eigenvalue weighted by atomic mass is 10.1. The van der Waals surface area contributed by atoms with Gasteiger partial charge in [-0.3, -0.25) is 0 Å². The van der Waals surface area contributed by atoms with Gasteiger partial charge in [-0.2, -0.15) is 0 Å². The molecular weight excluding hydrogens is 311 g/mol. The van der Waals surface area contributed by atoms with Crippen LogP contribution in [-0.4, -0.2) is 11.1 Å². The molecule has 0 aromatic heterocycles. The van der Waals surface area contributed by atoms with Crippen LogP contribution < -0.4 is 10.6 Å². The van der Waals surface area contributed by atoms with Crippen molar-refractivity contribution in [3.63, 3.8) is 0 Å². The SMILES string of the molecule is CC(O)c1ccc(NC(=O)Nc2cc(Cl)cc(Cl)c2)cc1. The smallest absolute Gasteiger partial charge is 0.323 e. The van der Waals surface area contributed by atoms with Crippen molar-refractivity contribution in [1.29, 1.82) is 0 Å². The van der Waals surface area contributed by atoms with Crippen molar-refractivity contribution in [1.82, 2.24) is 0 Å². The number of hydrogen-bond donors (Lipinski definition) is 3. The minimum atomic E-state index is -0.540. The Hall–Kier alpha value is -1.75. The lowest BCUT2D eigenvalue weighted by Gasteiger charge is -2.10. The van der Waals surface area contributed by atoms with Crippen molar-refractivity contribution in [3.8, 4) is 0 Å². The van der Waals surface area contributed by atoms with E-state index < -0.39 is 12.1 Å². The second kappa shape index (κ2) is 6.80. The highest BCUT2D eigenvalue weighted by molar-refractivity contribution is 6.35. The summed E-state index contributed by atoms with van der Waals surface area (Å²) >= 11 is 11.7. The van der Waals surface area contributed by atoms with Crippen molar-refractivity contribution in [2.45, 2.75) is 13.0 Å². The van der Waals surface area contributed by atoms with Gasteiger partial charge >= 0.3 is 6.03 Å². The molecule has 3 N–H and O–H groups in total. The van der Waals surface area contributed by atoms with E-state index in [-0.39, 0.29) is 0 Å². The molecule has 0 aliphatic rings. The Morgan fingerprint density at radius 3 is 2.05 bits per heavy atom. The average molecular weight is 325 g/mol. The van der Waals surface area contributed by atoms with E-state index in [1.54, 1.807) is 49.4 Å². The summed E-state index contributed by atoms with van der Waals surface area (Å²) in [4.78, 5) is 11.9. The summed E-state index contributed by atoms with van der Waals surface area (Å²) in [6.45, 7) is 1.68. The molecule has 0 saturated heterocycles. The Morgan fingerprint density at radius 2 is 1.52 bits per heavy atom. The molecular formula is C15H14Cl2N2O2. The first-order chi connectivity index (χ1) is 9.94. The third-order valence-electron chi connectivity index (χ3n) is 2.77. The highest BCUT2D eigenvalue weighted by Crippen LogP contribution is 2.22. The number of urea groups is 1. The van der Waals surface area contributed by atoms with Gasteiger partial charge in [-0.15, -0.1) is 0 Å². The second-order valence-corrected chi connectivity index (χ2v) is 5.41. The number of halogens is 2. The summed E-state index contributed by atoms with van der Waals surface area (Å²) in [5, 5.41) is 15.6. The number of amides is 2. The normalized spacial score (nSPS) is 11.8. The number of carbonyl (C=O) groups excluding carboxylic acids is 1. The number of aliphatic hydroxyl groups excluding tert-OH is 1. The summed E-state index contributed by atoms with van der Waals surface area (Å²) in [7, 11) is 0. The van der Waals surface area contributed by atoms with E-state index in [1.807, 2.05) is 0 Å². The van der Waals surface area contributed by atoms with E-state index in [9.17, 15) is 9.90 Å². The number of anilines is 2. The van der Waals surface area contributed by atoms with Crippen LogP contribution in [0.5, 0.6) is 0 Å². The molecule has 6 heteroatoms. The first-order valence-corrected chi connectivity index (χ1v) is 7.02. The summed E-state index contributed by atoms with van der Waals surface area (Å²) in [5.41, 5.74) is 1.90. The van der Waals surface area contributed by atoms with Crippen LogP contribution in [-0.2, 0) is 0 Å². The monoisotopic (exact) mass is 324 g/mol. The maximum Gasteiger partial charge on any atom is 0.323 e. The van der Waals surface area contributed by atoms with Gasteiger partial charge < -0.3 is 15.7 Å². The molecule has 0 aliphatic heterocycles. The van der Waals surface area contributed by atoms with Crippen molar-refractivity contribution >= 4 is 40.6 Å². The molecule has 21 heavy (non-hydrogen) atoms. The zero-order valence-electron chi connectivity index (χ0n) is 11.2. The van der Waals surface area contributed by atoms with Crippen LogP contribution in [0.25, 0.3) is 0 Å². The lowest BCUT2D eigenvalue weighted by molar-refractivity contribution is 0.199. The van der Waals surface area contributed by atoms with Crippen molar-refractivity contribution in [3.05, 3.63) is 58.1 Å². The Morgan fingerprint density at radius 1 is 1.00 bits per heavy atom. The zero-order valence-corrected chi connectivity index (χ0v) is 12.7. The second-order valence-electron chi connectivity index (χ2n) is 4.54. The van der Waals surface area contributed by atoms with Crippen molar-refractivity contribution in [2.24, 2.45) is 0 Å². The maximum absolute atomic E-state index is 11.9. The van der Waals surface area contributed by atoms with Crippen LogP contribution in [0.1, 0.15) is 18.6 Å². The molecule has 110 valence electrons. The third-order valence-corrected chi connectivity index (χ3v) is 3.21. The van der Waals surface area contributed by atoms with Gasteiger partial charge in [0.2, 0.25) is 0 Å². The van der Waals surface area contributed by atoms with Crippen LogP contribution in [0.15, 0.2) is 42.5 Å². The molecule has 2 rings (SSSR count). The molecule has 0 fully saturated rings. The fraction of sp³-hybridized carbons (Fsp3) is 0.133. The molecule has 0 radical (unpaired) electrons. The van der Waals surface area contributed by atoms with Crippen LogP contribution in [0.2, 0.25) is 10.0 Å². The third kappa shape index (κ3) is 4.63. The molecule has 1 unspecified atom stereocenters. The van der Waals surface area contributed by atoms with Gasteiger partial charge in [-0.25, -0.2) is 4.79 Å². The average Bonchev–Trinajstić information content (AvgIpc) is 2.37. The predicted molar refractivity (Wildman–Crippen MR) is 86.2 cm³/mol. The van der Waals surface area contributed by atoms with Crippen LogP contribution in [0, 0.1) is 0 Å². The molecule has 0 spiro atoms. The topological polar surface area (TPSA) is 61.4 Å². The molecule has 2 aromatic rings. The standard InChI is InChI=1S/C15H14Cl2N2O2/c1-9(20)10-2-4-13(5-3-10)18-15(21)19-14-7-11(16)6-12(17)8-14/h2-9,20H,1H3,(H2,18,19,21). The van der Waals surface area contributed by atoms with E-state index in [0.717, 1.165) is 5.56 Å². The van der Waals surface area contributed by atoms with Crippen molar-refractivity contribution < 1.29 is 9.90 Å². The summed E-state index contributed by atoms with van der Waals surface area (Å²) in [6.07, 6.45) is -0.540. The molecule has 0 bridgehead atoms. The molecule has 0 saturated carbocycles. The quantitative estimate of drug-likeness (QED) is 0.766. The largest absolute Gasteiger partial charge is 0.389 e. The van der Waals surface area contributed by atoms with E-state index in [1.165, 1.54) is 0 Å². The van der Waals surface area contributed by atoms with Gasteiger partial charge in [-0.1, -0.05) is 35.3 Å². The summed E-state index contributed by atoms with van der Waals surface area (Å²) in [5.74, 6) is 0. The Labute approximate surface area is 132 Å². The molecule has 2 aromatic carbocycles. The Bertz CT molecular complexity index is 622. The van der Waals surface area contributed by atoms with E-state index in [0.29, 0.717) is 21.4 Å². The molecule has 4 nitrogen and oxygen atoms in total. The van der Waals surface area contributed by atoms with Crippen LogP contribution in [0.4, 0.5) is 16.2 Å².